The summed E-state index contributed by atoms with van der Waals surface area (Å²) in [5.74, 6) is -0.115. The van der Waals surface area contributed by atoms with E-state index in [1.807, 2.05) is 0 Å². The lowest BCUT2D eigenvalue weighted by molar-refractivity contribution is 0.100. The normalized spacial score (nSPS) is 10.1. The van der Waals surface area contributed by atoms with Gasteiger partial charge in [0.25, 0.3) is 5.91 Å². The molecule has 1 amide bonds. The average Bonchev–Trinajstić information content (AvgIpc) is 2.34. The summed E-state index contributed by atoms with van der Waals surface area (Å²) in [5.41, 5.74) is 11.2. The van der Waals surface area contributed by atoms with Crippen molar-refractivity contribution in [2.24, 2.45) is 5.73 Å². The number of carbonyl (C=O) groups is 1. The van der Waals surface area contributed by atoms with Crippen molar-refractivity contribution in [3.05, 3.63) is 53.8 Å². The van der Waals surface area contributed by atoms with Gasteiger partial charge in [-0.2, -0.15) is 0 Å². The fourth-order valence-electron chi connectivity index (χ4n) is 1.45. The van der Waals surface area contributed by atoms with Gasteiger partial charge < -0.3 is 16.2 Å². The van der Waals surface area contributed by atoms with E-state index in [2.05, 4.69) is 0 Å². The van der Waals surface area contributed by atoms with Crippen LogP contribution in [-0.4, -0.2) is 5.91 Å². The topological polar surface area (TPSA) is 78.3 Å². The number of halogens is 1. The molecule has 0 aliphatic heterocycles. The molecule has 0 spiro atoms. The molecule has 5 heteroatoms. The van der Waals surface area contributed by atoms with Crippen molar-refractivity contribution in [3.8, 4) is 11.5 Å². The van der Waals surface area contributed by atoms with Crippen LogP contribution in [0.25, 0.3) is 0 Å². The summed E-state index contributed by atoms with van der Waals surface area (Å²) in [7, 11) is 0. The minimum atomic E-state index is -0.628. The fourth-order valence-corrected chi connectivity index (χ4v) is 1.45. The third kappa shape index (κ3) is 2.57. The lowest BCUT2D eigenvalue weighted by atomic mass is 10.1. The van der Waals surface area contributed by atoms with Gasteiger partial charge >= 0.3 is 0 Å². The van der Waals surface area contributed by atoms with Crippen molar-refractivity contribution in [2.75, 3.05) is 5.73 Å². The van der Waals surface area contributed by atoms with Gasteiger partial charge in [0.2, 0.25) is 0 Å². The predicted molar refractivity (Wildman–Crippen MR) is 65.8 cm³/mol. The van der Waals surface area contributed by atoms with E-state index in [0.717, 1.165) is 0 Å². The third-order valence-corrected chi connectivity index (χ3v) is 2.34. The van der Waals surface area contributed by atoms with E-state index in [0.29, 0.717) is 11.5 Å². The second kappa shape index (κ2) is 4.75. The summed E-state index contributed by atoms with van der Waals surface area (Å²) >= 11 is 0. The summed E-state index contributed by atoms with van der Waals surface area (Å²) in [6.07, 6.45) is 0. The first-order valence-electron chi connectivity index (χ1n) is 5.19. The van der Waals surface area contributed by atoms with E-state index in [-0.39, 0.29) is 17.1 Å². The molecule has 92 valence electrons. The number of hydrogen-bond donors (Lipinski definition) is 2. The molecule has 2 aromatic rings. The van der Waals surface area contributed by atoms with Crippen LogP contribution >= 0.6 is 0 Å². The Bertz CT molecular complexity index is 582. The Morgan fingerprint density at radius 2 is 1.67 bits per heavy atom. The highest BCUT2D eigenvalue weighted by molar-refractivity contribution is 5.98. The lowest BCUT2D eigenvalue weighted by Crippen LogP contribution is -2.13. The maximum absolute atomic E-state index is 12.7. The highest BCUT2D eigenvalue weighted by Crippen LogP contribution is 2.25. The Morgan fingerprint density at radius 3 is 2.28 bits per heavy atom. The van der Waals surface area contributed by atoms with Crippen molar-refractivity contribution in [1.29, 1.82) is 0 Å². The number of primary amides is 1. The van der Waals surface area contributed by atoms with E-state index >= 15 is 0 Å². The van der Waals surface area contributed by atoms with Gasteiger partial charge in [-0.3, -0.25) is 4.79 Å². The molecule has 0 saturated carbocycles. The summed E-state index contributed by atoms with van der Waals surface area (Å²) in [6, 6.07) is 10.1. The molecule has 0 radical (unpaired) electrons. The van der Waals surface area contributed by atoms with Crippen LogP contribution in [0.1, 0.15) is 10.4 Å². The number of amides is 1. The van der Waals surface area contributed by atoms with Crippen molar-refractivity contribution in [3.63, 3.8) is 0 Å². The highest BCUT2D eigenvalue weighted by atomic mass is 19.1. The number of hydrogen-bond acceptors (Lipinski definition) is 3. The maximum Gasteiger partial charge on any atom is 0.250 e. The average molecular weight is 246 g/mol. The standard InChI is InChI=1S/C13H11FN2O2/c14-8-1-3-9(4-2-8)18-10-5-6-12(15)11(7-10)13(16)17/h1-7H,15H2,(H2,16,17). The molecule has 4 N–H and O–H groups in total. The smallest absolute Gasteiger partial charge is 0.250 e. The number of ether oxygens (including phenoxy) is 1. The molecule has 0 aromatic heterocycles. The molecule has 0 bridgehead atoms. The molecule has 0 aliphatic carbocycles. The molecule has 0 aliphatic rings. The van der Waals surface area contributed by atoms with Crippen LogP contribution in [0.2, 0.25) is 0 Å². The first kappa shape index (κ1) is 11.9. The Kier molecular flexibility index (Phi) is 3.14. The first-order valence-corrected chi connectivity index (χ1v) is 5.19. The van der Waals surface area contributed by atoms with Crippen molar-refractivity contribution < 1.29 is 13.9 Å². The monoisotopic (exact) mass is 246 g/mol. The molecule has 0 unspecified atom stereocenters. The van der Waals surface area contributed by atoms with Crippen molar-refractivity contribution in [2.45, 2.75) is 0 Å². The molecule has 0 atom stereocenters. The quantitative estimate of drug-likeness (QED) is 0.815. The zero-order chi connectivity index (χ0) is 13.1. The maximum atomic E-state index is 12.7. The van der Waals surface area contributed by atoms with E-state index in [1.54, 1.807) is 6.07 Å². The Labute approximate surface area is 103 Å². The Morgan fingerprint density at radius 1 is 1.06 bits per heavy atom. The van der Waals surface area contributed by atoms with Crippen molar-refractivity contribution in [1.82, 2.24) is 0 Å². The third-order valence-electron chi connectivity index (χ3n) is 2.34. The summed E-state index contributed by atoms with van der Waals surface area (Å²) in [6.45, 7) is 0. The van der Waals surface area contributed by atoms with E-state index in [1.165, 1.54) is 36.4 Å². The van der Waals surface area contributed by atoms with E-state index in [9.17, 15) is 9.18 Å². The molecular formula is C13H11FN2O2. The summed E-state index contributed by atoms with van der Waals surface area (Å²) in [4.78, 5) is 11.1. The SMILES string of the molecule is NC(=O)c1cc(Oc2ccc(F)cc2)ccc1N. The second-order valence-corrected chi connectivity index (χ2v) is 3.67. The first-order chi connectivity index (χ1) is 8.56. The summed E-state index contributed by atoms with van der Waals surface area (Å²) in [5, 5.41) is 0. The lowest BCUT2D eigenvalue weighted by Gasteiger charge is -2.08. The van der Waals surface area contributed by atoms with Gasteiger partial charge in [-0.1, -0.05) is 0 Å². The Hall–Kier alpha value is -2.56. The van der Waals surface area contributed by atoms with Crippen LogP contribution in [0.5, 0.6) is 11.5 Å². The highest BCUT2D eigenvalue weighted by Gasteiger charge is 2.08. The van der Waals surface area contributed by atoms with Gasteiger partial charge in [-0.15, -0.1) is 0 Å². The molecule has 2 rings (SSSR count). The molecule has 0 fully saturated rings. The van der Waals surface area contributed by atoms with Crippen LogP contribution < -0.4 is 16.2 Å². The molecule has 0 saturated heterocycles. The van der Waals surface area contributed by atoms with Gasteiger partial charge in [0, 0.05) is 5.69 Å². The number of nitrogens with two attached hydrogens (primary N) is 2. The van der Waals surface area contributed by atoms with E-state index in [4.69, 9.17) is 16.2 Å². The fraction of sp³-hybridized carbons (Fsp3) is 0. The van der Waals surface area contributed by atoms with E-state index < -0.39 is 5.91 Å². The molecule has 2 aromatic carbocycles. The van der Waals surface area contributed by atoms with Gasteiger partial charge in [0.05, 0.1) is 5.56 Å². The molecule has 18 heavy (non-hydrogen) atoms. The minimum absolute atomic E-state index is 0.189. The predicted octanol–water partition coefficient (Wildman–Crippen LogP) is 2.30. The number of rotatable bonds is 3. The number of nitrogen functional groups attached to an aromatic ring is 1. The Balaban J connectivity index is 2.27. The number of carbonyl (C=O) groups excluding carboxylic acids is 1. The summed E-state index contributed by atoms with van der Waals surface area (Å²) < 4.78 is 18.2. The number of benzene rings is 2. The number of anilines is 1. The van der Waals surface area contributed by atoms with Gasteiger partial charge in [-0.05, 0) is 42.5 Å². The zero-order valence-corrected chi connectivity index (χ0v) is 9.39. The van der Waals surface area contributed by atoms with Crippen LogP contribution in [0, 0.1) is 5.82 Å². The molecule has 4 nitrogen and oxygen atoms in total. The zero-order valence-electron chi connectivity index (χ0n) is 9.39. The molecular weight excluding hydrogens is 235 g/mol. The van der Waals surface area contributed by atoms with Gasteiger partial charge in [-0.25, -0.2) is 4.39 Å². The van der Waals surface area contributed by atoms with Crippen LogP contribution in [0.4, 0.5) is 10.1 Å². The van der Waals surface area contributed by atoms with Crippen LogP contribution in [0.15, 0.2) is 42.5 Å². The van der Waals surface area contributed by atoms with Crippen LogP contribution in [0.3, 0.4) is 0 Å². The molecule has 0 heterocycles. The van der Waals surface area contributed by atoms with Crippen molar-refractivity contribution >= 4 is 11.6 Å². The van der Waals surface area contributed by atoms with Gasteiger partial charge in [0.1, 0.15) is 17.3 Å². The van der Waals surface area contributed by atoms with Gasteiger partial charge in [0.15, 0.2) is 0 Å². The van der Waals surface area contributed by atoms with Crippen LogP contribution in [-0.2, 0) is 0 Å². The largest absolute Gasteiger partial charge is 0.457 e. The minimum Gasteiger partial charge on any atom is -0.457 e. The second-order valence-electron chi connectivity index (χ2n) is 3.67.